The zero-order valence-electron chi connectivity index (χ0n) is 9.80. The molecule has 1 aromatic heterocycles. The maximum atomic E-state index is 10.5. The molecule has 0 radical (unpaired) electrons. The molecule has 0 bridgehead atoms. The summed E-state index contributed by atoms with van der Waals surface area (Å²) in [4.78, 5) is 20.0. The van der Waals surface area contributed by atoms with Gasteiger partial charge in [0.05, 0.1) is 9.85 Å². The van der Waals surface area contributed by atoms with Gasteiger partial charge in [-0.05, 0) is 12.0 Å². The van der Waals surface area contributed by atoms with E-state index in [9.17, 15) is 20.2 Å². The standard InChI is InChI=1S/C11H10N4O4/c16-14(17)10-3-1-9(2-4-10)5-6-13-8-11(7-12-13)15(18)19/h1-4,7-8H,5-6H2. The highest BCUT2D eigenvalue weighted by molar-refractivity contribution is 5.32. The number of non-ortho nitro benzene ring substituents is 1. The molecular formula is C11H10N4O4. The molecule has 0 unspecified atom stereocenters. The Morgan fingerprint density at radius 1 is 1.05 bits per heavy atom. The van der Waals surface area contributed by atoms with Crippen LogP contribution in [0.3, 0.4) is 0 Å². The molecule has 2 aromatic rings. The monoisotopic (exact) mass is 262 g/mol. The normalized spacial score (nSPS) is 10.3. The van der Waals surface area contributed by atoms with Crippen LogP contribution in [0.25, 0.3) is 0 Å². The molecule has 0 saturated carbocycles. The highest BCUT2D eigenvalue weighted by Crippen LogP contribution is 2.13. The summed E-state index contributed by atoms with van der Waals surface area (Å²) in [5, 5.41) is 24.8. The smallest absolute Gasteiger partial charge is 0.265 e. The summed E-state index contributed by atoms with van der Waals surface area (Å²) in [5.41, 5.74) is 0.894. The van der Waals surface area contributed by atoms with Crippen molar-refractivity contribution < 1.29 is 9.85 Å². The van der Waals surface area contributed by atoms with Crippen molar-refractivity contribution in [1.82, 2.24) is 9.78 Å². The van der Waals surface area contributed by atoms with Gasteiger partial charge in [0.25, 0.3) is 5.69 Å². The molecule has 8 nitrogen and oxygen atoms in total. The largest absolute Gasteiger partial charge is 0.306 e. The Hall–Kier alpha value is -2.77. The predicted octanol–water partition coefficient (Wildman–Crippen LogP) is 1.94. The molecule has 1 heterocycles. The highest BCUT2D eigenvalue weighted by atomic mass is 16.6. The number of hydrogen-bond acceptors (Lipinski definition) is 5. The lowest BCUT2D eigenvalue weighted by Crippen LogP contribution is -2.01. The van der Waals surface area contributed by atoms with E-state index in [0.717, 1.165) is 5.56 Å². The van der Waals surface area contributed by atoms with Gasteiger partial charge in [0.1, 0.15) is 12.4 Å². The third kappa shape index (κ3) is 3.12. The maximum Gasteiger partial charge on any atom is 0.306 e. The molecule has 98 valence electrons. The van der Waals surface area contributed by atoms with Crippen LogP contribution in [-0.2, 0) is 13.0 Å². The Bertz CT molecular complexity index is 605. The van der Waals surface area contributed by atoms with Crippen LogP contribution < -0.4 is 0 Å². The zero-order valence-corrected chi connectivity index (χ0v) is 9.80. The molecule has 19 heavy (non-hydrogen) atoms. The maximum absolute atomic E-state index is 10.5. The number of nitrogens with zero attached hydrogens (tertiary/aromatic N) is 4. The fourth-order valence-electron chi connectivity index (χ4n) is 1.60. The summed E-state index contributed by atoms with van der Waals surface area (Å²) in [5.74, 6) is 0. The fourth-order valence-corrected chi connectivity index (χ4v) is 1.60. The second-order valence-electron chi connectivity index (χ2n) is 3.89. The number of benzene rings is 1. The highest BCUT2D eigenvalue weighted by Gasteiger charge is 2.09. The van der Waals surface area contributed by atoms with E-state index >= 15 is 0 Å². The molecular weight excluding hydrogens is 252 g/mol. The first-order chi connectivity index (χ1) is 9.06. The molecule has 0 N–H and O–H groups in total. The molecule has 0 atom stereocenters. The topological polar surface area (TPSA) is 104 Å². The van der Waals surface area contributed by atoms with Crippen LogP contribution in [0.15, 0.2) is 36.7 Å². The van der Waals surface area contributed by atoms with Crippen LogP contribution in [0.2, 0.25) is 0 Å². The summed E-state index contributed by atoms with van der Waals surface area (Å²) >= 11 is 0. The minimum absolute atomic E-state index is 0.0403. The average Bonchev–Trinajstić information content (AvgIpc) is 2.86. The molecule has 0 fully saturated rings. The first kappa shape index (κ1) is 12.7. The minimum Gasteiger partial charge on any atom is -0.265 e. The zero-order chi connectivity index (χ0) is 13.8. The Balaban J connectivity index is 1.97. The van der Waals surface area contributed by atoms with Gasteiger partial charge in [-0.1, -0.05) is 12.1 Å². The van der Waals surface area contributed by atoms with Gasteiger partial charge in [-0.3, -0.25) is 24.9 Å². The quantitative estimate of drug-likeness (QED) is 0.604. The van der Waals surface area contributed by atoms with Crippen LogP contribution >= 0.6 is 0 Å². The molecule has 0 aliphatic rings. The number of nitro benzene ring substituents is 1. The lowest BCUT2D eigenvalue weighted by Gasteiger charge is -2.01. The van der Waals surface area contributed by atoms with E-state index < -0.39 is 9.85 Å². The molecule has 8 heteroatoms. The first-order valence-corrected chi connectivity index (χ1v) is 5.46. The van der Waals surface area contributed by atoms with Gasteiger partial charge >= 0.3 is 5.69 Å². The predicted molar refractivity (Wildman–Crippen MR) is 65.7 cm³/mol. The summed E-state index contributed by atoms with van der Waals surface area (Å²) in [7, 11) is 0. The minimum atomic E-state index is -0.505. The van der Waals surface area contributed by atoms with Crippen molar-refractivity contribution >= 4 is 11.4 Å². The Kier molecular flexibility index (Phi) is 3.51. The number of rotatable bonds is 5. The summed E-state index contributed by atoms with van der Waals surface area (Å²) in [6, 6.07) is 6.19. The lowest BCUT2D eigenvalue weighted by atomic mass is 10.1. The van der Waals surface area contributed by atoms with Crippen molar-refractivity contribution in [2.75, 3.05) is 0 Å². The van der Waals surface area contributed by atoms with E-state index in [2.05, 4.69) is 5.10 Å². The average molecular weight is 262 g/mol. The molecule has 0 aliphatic heterocycles. The van der Waals surface area contributed by atoms with Crippen LogP contribution in [0.4, 0.5) is 11.4 Å². The SMILES string of the molecule is O=[N+]([O-])c1ccc(CCn2cc([N+](=O)[O-])cn2)cc1. The van der Waals surface area contributed by atoms with E-state index in [1.807, 2.05) is 0 Å². The molecule has 0 amide bonds. The summed E-state index contributed by atoms with van der Waals surface area (Å²) < 4.78 is 1.47. The molecule has 0 aliphatic carbocycles. The molecule has 2 rings (SSSR count). The fraction of sp³-hybridized carbons (Fsp3) is 0.182. The van der Waals surface area contributed by atoms with Gasteiger partial charge in [0, 0.05) is 18.7 Å². The first-order valence-electron chi connectivity index (χ1n) is 5.46. The Labute approximate surface area is 107 Å². The van der Waals surface area contributed by atoms with Crippen LogP contribution in [0, 0.1) is 20.2 Å². The Morgan fingerprint density at radius 2 is 1.68 bits per heavy atom. The van der Waals surface area contributed by atoms with Crippen molar-refractivity contribution in [3.05, 3.63) is 62.5 Å². The van der Waals surface area contributed by atoms with Gasteiger partial charge < -0.3 is 0 Å². The van der Waals surface area contributed by atoms with Crippen LogP contribution in [0.1, 0.15) is 5.56 Å². The number of nitro groups is 2. The summed E-state index contributed by atoms with van der Waals surface area (Å²) in [6.45, 7) is 0.478. The summed E-state index contributed by atoms with van der Waals surface area (Å²) in [6.07, 6.45) is 3.14. The van der Waals surface area contributed by atoms with Gasteiger partial charge in [-0.2, -0.15) is 5.10 Å². The Morgan fingerprint density at radius 3 is 2.21 bits per heavy atom. The second-order valence-corrected chi connectivity index (χ2v) is 3.89. The van der Waals surface area contributed by atoms with E-state index in [1.165, 1.54) is 29.2 Å². The molecule has 0 spiro atoms. The van der Waals surface area contributed by atoms with Crippen molar-refractivity contribution in [2.24, 2.45) is 0 Å². The number of aryl methyl sites for hydroxylation is 2. The van der Waals surface area contributed by atoms with Gasteiger partial charge in [-0.25, -0.2) is 0 Å². The van der Waals surface area contributed by atoms with Crippen molar-refractivity contribution in [1.29, 1.82) is 0 Å². The van der Waals surface area contributed by atoms with Gasteiger partial charge in [0.15, 0.2) is 0 Å². The lowest BCUT2D eigenvalue weighted by molar-refractivity contribution is -0.385. The van der Waals surface area contributed by atoms with Crippen molar-refractivity contribution in [2.45, 2.75) is 13.0 Å². The number of hydrogen-bond donors (Lipinski definition) is 0. The van der Waals surface area contributed by atoms with Crippen LogP contribution in [-0.4, -0.2) is 19.6 Å². The van der Waals surface area contributed by atoms with Gasteiger partial charge in [0.2, 0.25) is 0 Å². The molecule has 1 aromatic carbocycles. The third-order valence-electron chi connectivity index (χ3n) is 2.61. The van der Waals surface area contributed by atoms with E-state index in [1.54, 1.807) is 12.1 Å². The van der Waals surface area contributed by atoms with Crippen LogP contribution in [0.5, 0.6) is 0 Å². The van der Waals surface area contributed by atoms with Gasteiger partial charge in [-0.15, -0.1) is 0 Å². The van der Waals surface area contributed by atoms with E-state index in [0.29, 0.717) is 13.0 Å². The second kappa shape index (κ2) is 5.25. The number of aromatic nitrogens is 2. The molecule has 0 saturated heterocycles. The van der Waals surface area contributed by atoms with E-state index in [4.69, 9.17) is 0 Å². The van der Waals surface area contributed by atoms with Crippen molar-refractivity contribution in [3.63, 3.8) is 0 Å². The van der Waals surface area contributed by atoms with E-state index in [-0.39, 0.29) is 11.4 Å². The van der Waals surface area contributed by atoms with Crippen molar-refractivity contribution in [3.8, 4) is 0 Å². The third-order valence-corrected chi connectivity index (χ3v) is 2.61.